The molecule has 0 bridgehead atoms. The SMILES string of the molecule is CN1CCN(Cc2cccc(C(=O)c3ccc(Cl)cc3Cl)c2)CC1. The first kappa shape index (κ1) is 17.4. The number of carbonyl (C=O) groups excluding carboxylic acids is 1. The summed E-state index contributed by atoms with van der Waals surface area (Å²) in [4.78, 5) is 17.5. The van der Waals surface area contributed by atoms with Crippen LogP contribution in [0.4, 0.5) is 0 Å². The molecule has 0 N–H and O–H groups in total. The molecule has 0 atom stereocenters. The zero-order valence-corrected chi connectivity index (χ0v) is 15.1. The first-order valence-corrected chi connectivity index (χ1v) is 8.78. The van der Waals surface area contributed by atoms with Gasteiger partial charge in [-0.25, -0.2) is 0 Å². The maximum absolute atomic E-state index is 12.7. The van der Waals surface area contributed by atoms with Gasteiger partial charge in [0.1, 0.15) is 0 Å². The molecule has 0 unspecified atom stereocenters. The maximum atomic E-state index is 12.7. The van der Waals surface area contributed by atoms with Gasteiger partial charge in [-0.15, -0.1) is 0 Å². The third-order valence-electron chi connectivity index (χ3n) is 4.37. The van der Waals surface area contributed by atoms with Crippen LogP contribution in [0, 0.1) is 0 Å². The Morgan fingerprint density at radius 3 is 2.50 bits per heavy atom. The van der Waals surface area contributed by atoms with Crippen LogP contribution in [-0.2, 0) is 6.54 Å². The van der Waals surface area contributed by atoms with Crippen molar-refractivity contribution in [3.05, 3.63) is 69.2 Å². The number of likely N-dealkylation sites (N-methyl/N-ethyl adjacent to an activating group) is 1. The fourth-order valence-corrected chi connectivity index (χ4v) is 3.40. The molecular formula is C19H20Cl2N2O. The normalized spacial score (nSPS) is 16.3. The zero-order chi connectivity index (χ0) is 17.1. The van der Waals surface area contributed by atoms with Crippen molar-refractivity contribution in [2.45, 2.75) is 6.54 Å². The lowest BCUT2D eigenvalue weighted by Gasteiger charge is -2.32. The average molecular weight is 363 g/mol. The lowest BCUT2D eigenvalue weighted by molar-refractivity contribution is 0.103. The van der Waals surface area contributed by atoms with E-state index in [-0.39, 0.29) is 5.78 Å². The molecule has 2 aromatic carbocycles. The Morgan fingerprint density at radius 1 is 1.04 bits per heavy atom. The highest BCUT2D eigenvalue weighted by atomic mass is 35.5. The van der Waals surface area contributed by atoms with Crippen LogP contribution in [0.2, 0.25) is 10.0 Å². The number of rotatable bonds is 4. The van der Waals surface area contributed by atoms with E-state index < -0.39 is 0 Å². The molecule has 1 aliphatic rings. The molecule has 2 aromatic rings. The zero-order valence-electron chi connectivity index (χ0n) is 13.6. The third-order valence-corrected chi connectivity index (χ3v) is 4.91. The third kappa shape index (κ3) is 4.17. The number of hydrogen-bond acceptors (Lipinski definition) is 3. The van der Waals surface area contributed by atoms with Crippen LogP contribution in [0.1, 0.15) is 21.5 Å². The monoisotopic (exact) mass is 362 g/mol. The van der Waals surface area contributed by atoms with Crippen molar-refractivity contribution in [1.29, 1.82) is 0 Å². The van der Waals surface area contributed by atoms with E-state index in [9.17, 15) is 4.79 Å². The Morgan fingerprint density at radius 2 is 1.79 bits per heavy atom. The number of carbonyl (C=O) groups is 1. The van der Waals surface area contributed by atoms with Crippen molar-refractivity contribution < 1.29 is 4.79 Å². The smallest absolute Gasteiger partial charge is 0.194 e. The summed E-state index contributed by atoms with van der Waals surface area (Å²) in [6.45, 7) is 5.14. The second-order valence-corrected chi connectivity index (χ2v) is 7.08. The van der Waals surface area contributed by atoms with Gasteiger partial charge in [0.05, 0.1) is 5.02 Å². The molecule has 3 nitrogen and oxygen atoms in total. The summed E-state index contributed by atoms with van der Waals surface area (Å²) in [5.41, 5.74) is 2.29. The minimum atomic E-state index is -0.0723. The van der Waals surface area contributed by atoms with Crippen LogP contribution < -0.4 is 0 Å². The van der Waals surface area contributed by atoms with E-state index in [4.69, 9.17) is 23.2 Å². The van der Waals surface area contributed by atoms with Gasteiger partial charge < -0.3 is 4.90 Å². The molecule has 0 aromatic heterocycles. The molecule has 1 saturated heterocycles. The summed E-state index contributed by atoms with van der Waals surface area (Å²) in [5, 5.41) is 0.914. The van der Waals surface area contributed by atoms with E-state index in [1.807, 2.05) is 18.2 Å². The number of ketones is 1. The predicted octanol–water partition coefficient (Wildman–Crippen LogP) is 3.97. The minimum absolute atomic E-state index is 0.0723. The Balaban J connectivity index is 1.76. The van der Waals surface area contributed by atoms with Gasteiger partial charge in [-0.1, -0.05) is 41.4 Å². The number of piperazine rings is 1. The van der Waals surface area contributed by atoms with Gasteiger partial charge in [-0.05, 0) is 36.9 Å². The van der Waals surface area contributed by atoms with Gasteiger partial charge >= 0.3 is 0 Å². The van der Waals surface area contributed by atoms with Gasteiger partial charge in [0, 0.05) is 48.9 Å². The second kappa shape index (κ2) is 7.66. The lowest BCUT2D eigenvalue weighted by atomic mass is 10.0. The van der Waals surface area contributed by atoms with Crippen LogP contribution in [0.5, 0.6) is 0 Å². The highest BCUT2D eigenvalue weighted by molar-refractivity contribution is 6.37. The molecule has 1 aliphatic heterocycles. The summed E-state index contributed by atoms with van der Waals surface area (Å²) < 4.78 is 0. The molecule has 24 heavy (non-hydrogen) atoms. The van der Waals surface area contributed by atoms with E-state index in [2.05, 4.69) is 22.9 Å². The van der Waals surface area contributed by atoms with Gasteiger partial charge in [-0.3, -0.25) is 9.69 Å². The molecular weight excluding hydrogens is 343 g/mol. The predicted molar refractivity (Wildman–Crippen MR) is 99.1 cm³/mol. The molecule has 1 fully saturated rings. The minimum Gasteiger partial charge on any atom is -0.304 e. The van der Waals surface area contributed by atoms with Gasteiger partial charge in [-0.2, -0.15) is 0 Å². The quantitative estimate of drug-likeness (QED) is 0.768. The highest BCUT2D eigenvalue weighted by Crippen LogP contribution is 2.24. The molecule has 3 rings (SSSR count). The largest absolute Gasteiger partial charge is 0.304 e. The van der Waals surface area contributed by atoms with E-state index >= 15 is 0 Å². The molecule has 0 spiro atoms. The van der Waals surface area contributed by atoms with Crippen LogP contribution in [0.25, 0.3) is 0 Å². The molecule has 5 heteroatoms. The van der Waals surface area contributed by atoms with Crippen LogP contribution in [0.3, 0.4) is 0 Å². The molecule has 0 radical (unpaired) electrons. The molecule has 126 valence electrons. The summed E-state index contributed by atoms with van der Waals surface area (Å²) in [7, 11) is 2.15. The number of halogens is 2. The molecule has 0 saturated carbocycles. The van der Waals surface area contributed by atoms with Crippen molar-refractivity contribution >= 4 is 29.0 Å². The van der Waals surface area contributed by atoms with Gasteiger partial charge in [0.15, 0.2) is 5.78 Å². The van der Waals surface area contributed by atoms with E-state index in [0.717, 1.165) is 38.3 Å². The van der Waals surface area contributed by atoms with Gasteiger partial charge in [0.25, 0.3) is 0 Å². The second-order valence-electron chi connectivity index (χ2n) is 6.23. The van der Waals surface area contributed by atoms with Gasteiger partial charge in [0.2, 0.25) is 0 Å². The Hall–Kier alpha value is -1.39. The first-order chi connectivity index (χ1) is 11.5. The van der Waals surface area contributed by atoms with E-state index in [1.165, 1.54) is 0 Å². The number of hydrogen-bond donors (Lipinski definition) is 0. The summed E-state index contributed by atoms with van der Waals surface area (Å²) in [6, 6.07) is 12.8. The number of benzene rings is 2. The highest BCUT2D eigenvalue weighted by Gasteiger charge is 2.16. The summed E-state index contributed by atoms with van der Waals surface area (Å²) in [5.74, 6) is -0.0723. The van der Waals surface area contributed by atoms with Crippen molar-refractivity contribution in [3.8, 4) is 0 Å². The van der Waals surface area contributed by atoms with E-state index in [1.54, 1.807) is 18.2 Å². The first-order valence-electron chi connectivity index (χ1n) is 8.02. The maximum Gasteiger partial charge on any atom is 0.194 e. The van der Waals surface area contributed by atoms with Crippen LogP contribution in [0.15, 0.2) is 42.5 Å². The van der Waals surface area contributed by atoms with Crippen molar-refractivity contribution in [2.75, 3.05) is 33.2 Å². The fraction of sp³-hybridized carbons (Fsp3) is 0.316. The molecule has 1 heterocycles. The molecule has 0 aliphatic carbocycles. The van der Waals surface area contributed by atoms with Crippen LogP contribution in [-0.4, -0.2) is 48.8 Å². The Labute approximate surface area is 152 Å². The number of nitrogens with zero attached hydrogens (tertiary/aromatic N) is 2. The Kier molecular flexibility index (Phi) is 5.57. The van der Waals surface area contributed by atoms with E-state index in [0.29, 0.717) is 21.2 Å². The summed E-state index contributed by atoms with van der Waals surface area (Å²) in [6.07, 6.45) is 0. The van der Waals surface area contributed by atoms with Crippen molar-refractivity contribution in [3.63, 3.8) is 0 Å². The summed E-state index contributed by atoms with van der Waals surface area (Å²) >= 11 is 12.1. The van der Waals surface area contributed by atoms with Crippen molar-refractivity contribution in [1.82, 2.24) is 9.80 Å². The topological polar surface area (TPSA) is 23.6 Å². The fourth-order valence-electron chi connectivity index (χ4n) is 2.90. The standard InChI is InChI=1S/C19H20Cl2N2O/c1-22-7-9-23(10-8-22)13-14-3-2-4-15(11-14)19(24)17-6-5-16(20)12-18(17)21/h2-6,11-12H,7-10,13H2,1H3. The average Bonchev–Trinajstić information content (AvgIpc) is 2.57. The Bertz CT molecular complexity index is 740. The molecule has 0 amide bonds. The lowest BCUT2D eigenvalue weighted by Crippen LogP contribution is -2.43. The van der Waals surface area contributed by atoms with Crippen molar-refractivity contribution in [2.24, 2.45) is 0 Å². The van der Waals surface area contributed by atoms with Crippen LogP contribution >= 0.6 is 23.2 Å².